The van der Waals surface area contributed by atoms with Gasteiger partial charge >= 0.3 is 0 Å². The maximum absolute atomic E-state index is 11.5. The number of hydrogen-bond acceptors (Lipinski definition) is 3. The quantitative estimate of drug-likeness (QED) is 0.803. The third kappa shape index (κ3) is 2.88. The van der Waals surface area contributed by atoms with Gasteiger partial charge in [-0.1, -0.05) is 0 Å². The first kappa shape index (κ1) is 11.3. The molecular formula is C11H10IN3O. The zero-order valence-electron chi connectivity index (χ0n) is 8.51. The molecule has 0 saturated carbocycles. The Morgan fingerprint density at radius 3 is 2.75 bits per heavy atom. The lowest BCUT2D eigenvalue weighted by molar-refractivity contribution is 0.576. The number of nitrogens with zero attached hydrogens (tertiary/aromatic N) is 3. The van der Waals surface area contributed by atoms with Gasteiger partial charge in [0.1, 0.15) is 0 Å². The normalized spacial score (nSPS) is 10.3. The van der Waals surface area contributed by atoms with Crippen LogP contribution in [0.1, 0.15) is 5.56 Å². The third-order valence-electron chi connectivity index (χ3n) is 2.20. The van der Waals surface area contributed by atoms with Crippen molar-refractivity contribution in [2.45, 2.75) is 13.0 Å². The van der Waals surface area contributed by atoms with Crippen molar-refractivity contribution in [2.24, 2.45) is 0 Å². The summed E-state index contributed by atoms with van der Waals surface area (Å²) in [5.74, 6) is 0. The van der Waals surface area contributed by atoms with Gasteiger partial charge in [-0.05, 0) is 46.7 Å². The number of hydrogen-bond donors (Lipinski definition) is 0. The second-order valence-corrected chi connectivity index (χ2v) is 4.59. The molecule has 0 aromatic carbocycles. The van der Waals surface area contributed by atoms with Crippen LogP contribution in [0.25, 0.3) is 0 Å². The SMILES string of the molecule is O=c1cc(I)cnn1CCc1ccncc1. The highest BCUT2D eigenvalue weighted by molar-refractivity contribution is 14.1. The van der Waals surface area contributed by atoms with E-state index in [1.54, 1.807) is 24.7 Å². The van der Waals surface area contributed by atoms with Crippen LogP contribution in [0.2, 0.25) is 0 Å². The van der Waals surface area contributed by atoms with Crippen LogP contribution in [0.4, 0.5) is 0 Å². The van der Waals surface area contributed by atoms with Crippen molar-refractivity contribution in [1.82, 2.24) is 14.8 Å². The molecule has 0 fully saturated rings. The Bertz CT molecular complexity index is 524. The van der Waals surface area contributed by atoms with Gasteiger partial charge in [0, 0.05) is 28.6 Å². The molecule has 0 aliphatic heterocycles. The maximum Gasteiger partial charge on any atom is 0.267 e. The van der Waals surface area contributed by atoms with Gasteiger partial charge in [-0.3, -0.25) is 9.78 Å². The standard InChI is InChI=1S/C11H10IN3O/c12-10-7-11(16)15(14-8-10)6-3-9-1-4-13-5-2-9/h1-2,4-5,7-8H,3,6H2. The van der Waals surface area contributed by atoms with E-state index in [0.29, 0.717) is 6.54 Å². The summed E-state index contributed by atoms with van der Waals surface area (Å²) in [5.41, 5.74) is 1.10. The molecule has 0 unspecified atom stereocenters. The average molecular weight is 327 g/mol. The molecule has 2 rings (SSSR count). The summed E-state index contributed by atoms with van der Waals surface area (Å²) in [5, 5.41) is 4.07. The van der Waals surface area contributed by atoms with Gasteiger partial charge in [0.05, 0.1) is 6.20 Å². The van der Waals surface area contributed by atoms with Crippen LogP contribution in [0, 0.1) is 3.57 Å². The minimum absolute atomic E-state index is 0.0547. The number of halogens is 1. The van der Waals surface area contributed by atoms with Crippen molar-refractivity contribution < 1.29 is 0 Å². The number of aromatic nitrogens is 3. The van der Waals surface area contributed by atoms with E-state index in [2.05, 4.69) is 32.7 Å². The first-order valence-corrected chi connectivity index (χ1v) is 5.95. The summed E-state index contributed by atoms with van der Waals surface area (Å²) in [7, 11) is 0. The van der Waals surface area contributed by atoms with Crippen LogP contribution in [0.5, 0.6) is 0 Å². The van der Waals surface area contributed by atoms with Gasteiger partial charge in [-0.15, -0.1) is 0 Å². The van der Waals surface area contributed by atoms with E-state index >= 15 is 0 Å². The lowest BCUT2D eigenvalue weighted by atomic mass is 10.2. The van der Waals surface area contributed by atoms with Gasteiger partial charge in [0.15, 0.2) is 0 Å². The van der Waals surface area contributed by atoms with Crippen LogP contribution in [0.3, 0.4) is 0 Å². The highest BCUT2D eigenvalue weighted by atomic mass is 127. The van der Waals surface area contributed by atoms with Crippen LogP contribution in [-0.2, 0) is 13.0 Å². The molecule has 0 atom stereocenters. The summed E-state index contributed by atoms with van der Waals surface area (Å²) >= 11 is 2.08. The van der Waals surface area contributed by atoms with Gasteiger partial charge in [-0.25, -0.2) is 4.68 Å². The first-order chi connectivity index (χ1) is 7.75. The van der Waals surface area contributed by atoms with Crippen molar-refractivity contribution in [3.05, 3.63) is 56.3 Å². The predicted molar refractivity (Wildman–Crippen MR) is 69.2 cm³/mol. The summed E-state index contributed by atoms with van der Waals surface area (Å²) in [6, 6.07) is 5.47. The van der Waals surface area contributed by atoms with Crippen molar-refractivity contribution >= 4 is 22.6 Å². The lowest BCUT2D eigenvalue weighted by Gasteiger charge is -2.03. The summed E-state index contributed by atoms with van der Waals surface area (Å²) < 4.78 is 2.34. The van der Waals surface area contributed by atoms with Gasteiger partial charge in [-0.2, -0.15) is 5.10 Å². The predicted octanol–water partition coefficient (Wildman–Crippen LogP) is 1.49. The average Bonchev–Trinajstić information content (AvgIpc) is 2.29. The van der Waals surface area contributed by atoms with Crippen molar-refractivity contribution in [3.63, 3.8) is 0 Å². The van der Waals surface area contributed by atoms with Gasteiger partial charge in [0.25, 0.3) is 5.56 Å². The Labute approximate surface area is 106 Å². The summed E-state index contributed by atoms with van der Waals surface area (Å²) in [6.45, 7) is 0.597. The fourth-order valence-corrected chi connectivity index (χ4v) is 1.75. The van der Waals surface area contributed by atoms with E-state index in [9.17, 15) is 4.79 Å². The molecule has 0 spiro atoms. The fourth-order valence-electron chi connectivity index (χ4n) is 1.36. The Hall–Kier alpha value is -1.24. The van der Waals surface area contributed by atoms with Crippen molar-refractivity contribution in [3.8, 4) is 0 Å². The van der Waals surface area contributed by atoms with E-state index in [-0.39, 0.29) is 5.56 Å². The van der Waals surface area contributed by atoms with Crippen LogP contribution < -0.4 is 5.56 Å². The Morgan fingerprint density at radius 2 is 2.06 bits per heavy atom. The van der Waals surface area contributed by atoms with Crippen LogP contribution in [-0.4, -0.2) is 14.8 Å². The molecule has 2 aromatic rings. The molecule has 0 aliphatic carbocycles. The zero-order valence-corrected chi connectivity index (χ0v) is 10.7. The topological polar surface area (TPSA) is 47.8 Å². The number of aryl methyl sites for hydroxylation is 2. The van der Waals surface area contributed by atoms with E-state index in [0.717, 1.165) is 15.6 Å². The molecular weight excluding hydrogens is 317 g/mol. The zero-order chi connectivity index (χ0) is 11.4. The van der Waals surface area contributed by atoms with Crippen LogP contribution in [0.15, 0.2) is 41.6 Å². The molecule has 0 bridgehead atoms. The van der Waals surface area contributed by atoms with Crippen molar-refractivity contribution in [2.75, 3.05) is 0 Å². The molecule has 0 amide bonds. The van der Waals surface area contributed by atoms with Crippen molar-refractivity contribution in [1.29, 1.82) is 0 Å². The number of pyridine rings is 1. The highest BCUT2D eigenvalue weighted by Crippen LogP contribution is 1.99. The lowest BCUT2D eigenvalue weighted by Crippen LogP contribution is -2.23. The fraction of sp³-hybridized carbons (Fsp3) is 0.182. The Balaban J connectivity index is 2.08. The van der Waals surface area contributed by atoms with E-state index in [1.165, 1.54) is 4.68 Å². The Morgan fingerprint density at radius 1 is 1.31 bits per heavy atom. The molecule has 5 heteroatoms. The minimum Gasteiger partial charge on any atom is -0.268 e. The number of rotatable bonds is 3. The summed E-state index contributed by atoms with van der Waals surface area (Å²) in [4.78, 5) is 15.5. The monoisotopic (exact) mass is 327 g/mol. The molecule has 4 nitrogen and oxygen atoms in total. The Kier molecular flexibility index (Phi) is 3.66. The first-order valence-electron chi connectivity index (χ1n) is 4.87. The molecule has 0 aliphatic rings. The minimum atomic E-state index is -0.0547. The second kappa shape index (κ2) is 5.20. The molecule has 82 valence electrons. The molecule has 2 heterocycles. The van der Waals surface area contributed by atoms with Gasteiger partial charge < -0.3 is 0 Å². The van der Waals surface area contributed by atoms with E-state index in [4.69, 9.17) is 0 Å². The van der Waals surface area contributed by atoms with Crippen LogP contribution >= 0.6 is 22.6 Å². The maximum atomic E-state index is 11.5. The largest absolute Gasteiger partial charge is 0.268 e. The van der Waals surface area contributed by atoms with E-state index in [1.807, 2.05) is 12.1 Å². The molecule has 0 radical (unpaired) electrons. The van der Waals surface area contributed by atoms with Gasteiger partial charge in [0.2, 0.25) is 0 Å². The highest BCUT2D eigenvalue weighted by Gasteiger charge is 1.99. The molecule has 0 saturated heterocycles. The summed E-state index contributed by atoms with van der Waals surface area (Å²) in [6.07, 6.45) is 5.98. The molecule has 16 heavy (non-hydrogen) atoms. The van der Waals surface area contributed by atoms with E-state index < -0.39 is 0 Å². The molecule has 0 N–H and O–H groups in total. The smallest absolute Gasteiger partial charge is 0.267 e. The second-order valence-electron chi connectivity index (χ2n) is 3.34. The third-order valence-corrected chi connectivity index (χ3v) is 2.79. The molecule has 2 aromatic heterocycles.